The molecule has 3 atom stereocenters. The van der Waals surface area contributed by atoms with Gasteiger partial charge >= 0.3 is 5.97 Å². The van der Waals surface area contributed by atoms with Gasteiger partial charge in [-0.2, -0.15) is 0 Å². The number of hydrogen-bond acceptors (Lipinski definition) is 6. The molecule has 2 aromatic rings. The Labute approximate surface area is 247 Å². The standard InChI is InChI=1S/C33H43F2N3O4/c1-22(2)24-9-7-10-25(18-24)33(12-5-4-6-13-33)36-20-30(39)28(17-23-15-26(34)19-27(35)16-23)37-32(41)29-11-8-14-38(29)21-31(40)42-3/h7,9-10,15-16,18-19,28-30,36,39H,1,4-6,8,11-14,17,20-21H2,2-3H3,(H,37,41)/t28-,29?,30+/m0/s1. The molecule has 1 unspecified atom stereocenters. The Morgan fingerprint density at radius 2 is 1.83 bits per heavy atom. The van der Waals surface area contributed by atoms with E-state index in [9.17, 15) is 23.5 Å². The normalized spacial score (nSPS) is 20.1. The Bertz CT molecular complexity index is 1240. The number of benzene rings is 2. The van der Waals surface area contributed by atoms with E-state index >= 15 is 0 Å². The highest BCUT2D eigenvalue weighted by atomic mass is 19.1. The molecule has 1 aliphatic carbocycles. The van der Waals surface area contributed by atoms with Crippen molar-refractivity contribution in [2.24, 2.45) is 0 Å². The van der Waals surface area contributed by atoms with Crippen LogP contribution in [0.3, 0.4) is 0 Å². The number of aliphatic hydroxyl groups is 1. The van der Waals surface area contributed by atoms with Gasteiger partial charge in [0.15, 0.2) is 0 Å². The number of rotatable bonds is 12. The zero-order chi connectivity index (χ0) is 30.3. The van der Waals surface area contributed by atoms with Crippen molar-refractivity contribution in [2.45, 2.75) is 82.0 Å². The molecule has 0 radical (unpaired) electrons. The van der Waals surface area contributed by atoms with Crippen LogP contribution >= 0.6 is 0 Å². The summed E-state index contributed by atoms with van der Waals surface area (Å²) in [5, 5.41) is 18.1. The molecule has 0 bridgehead atoms. The molecule has 1 saturated carbocycles. The Morgan fingerprint density at radius 3 is 2.50 bits per heavy atom. The van der Waals surface area contributed by atoms with E-state index < -0.39 is 35.8 Å². The lowest BCUT2D eigenvalue weighted by molar-refractivity contribution is -0.142. The Balaban J connectivity index is 1.55. The molecular weight excluding hydrogens is 540 g/mol. The number of nitrogens with one attached hydrogen (secondary N) is 2. The lowest BCUT2D eigenvalue weighted by Gasteiger charge is -2.40. The van der Waals surface area contributed by atoms with Gasteiger partial charge in [-0.05, 0) is 80.5 Å². The van der Waals surface area contributed by atoms with Crippen LogP contribution in [0.15, 0.2) is 49.0 Å². The fourth-order valence-corrected chi connectivity index (χ4v) is 6.33. The zero-order valence-electron chi connectivity index (χ0n) is 24.6. The van der Waals surface area contributed by atoms with Crippen LogP contribution in [0.4, 0.5) is 8.78 Å². The highest BCUT2D eigenvalue weighted by Gasteiger charge is 2.37. The highest BCUT2D eigenvalue weighted by molar-refractivity contribution is 5.83. The van der Waals surface area contributed by atoms with Gasteiger partial charge in [-0.15, -0.1) is 0 Å². The first-order valence-electron chi connectivity index (χ1n) is 14.9. The summed E-state index contributed by atoms with van der Waals surface area (Å²) in [4.78, 5) is 27.1. The number of likely N-dealkylation sites (tertiary alicyclic amines) is 1. The van der Waals surface area contributed by atoms with Gasteiger partial charge in [0, 0.05) is 18.2 Å². The third kappa shape index (κ3) is 8.02. The number of nitrogens with zero attached hydrogens (tertiary/aromatic N) is 1. The van der Waals surface area contributed by atoms with E-state index in [-0.39, 0.29) is 31.0 Å². The van der Waals surface area contributed by atoms with Crippen LogP contribution in [-0.2, 0) is 26.3 Å². The molecule has 4 rings (SSSR count). The van der Waals surface area contributed by atoms with Crippen LogP contribution in [0.25, 0.3) is 5.57 Å². The monoisotopic (exact) mass is 583 g/mol. The van der Waals surface area contributed by atoms with Crippen molar-refractivity contribution in [1.82, 2.24) is 15.5 Å². The number of ether oxygens (including phenoxy) is 1. The maximum absolute atomic E-state index is 14.1. The summed E-state index contributed by atoms with van der Waals surface area (Å²) in [5.74, 6) is -2.21. The molecule has 2 aromatic carbocycles. The molecule has 1 amide bonds. The summed E-state index contributed by atoms with van der Waals surface area (Å²) in [7, 11) is 1.30. The van der Waals surface area contributed by atoms with E-state index in [1.807, 2.05) is 19.1 Å². The maximum Gasteiger partial charge on any atom is 0.319 e. The quantitative estimate of drug-likeness (QED) is 0.320. The van der Waals surface area contributed by atoms with Crippen molar-refractivity contribution >= 4 is 17.4 Å². The van der Waals surface area contributed by atoms with Gasteiger partial charge in [-0.25, -0.2) is 8.78 Å². The molecule has 2 fully saturated rings. The van der Waals surface area contributed by atoms with Gasteiger partial charge in [-0.3, -0.25) is 14.5 Å². The second-order valence-corrected chi connectivity index (χ2v) is 11.8. The van der Waals surface area contributed by atoms with Gasteiger partial charge in [0.1, 0.15) is 11.6 Å². The molecule has 228 valence electrons. The number of esters is 1. The third-order valence-electron chi connectivity index (χ3n) is 8.66. The van der Waals surface area contributed by atoms with Crippen molar-refractivity contribution in [1.29, 1.82) is 0 Å². The summed E-state index contributed by atoms with van der Waals surface area (Å²) >= 11 is 0. The number of halogens is 2. The molecule has 1 aliphatic heterocycles. The number of amides is 1. The molecule has 3 N–H and O–H groups in total. The van der Waals surface area contributed by atoms with E-state index in [2.05, 4.69) is 29.3 Å². The van der Waals surface area contributed by atoms with Crippen LogP contribution in [0.5, 0.6) is 0 Å². The van der Waals surface area contributed by atoms with Crippen molar-refractivity contribution in [3.8, 4) is 0 Å². The van der Waals surface area contributed by atoms with Crippen molar-refractivity contribution in [3.63, 3.8) is 0 Å². The largest absolute Gasteiger partial charge is 0.468 e. The average molecular weight is 584 g/mol. The van der Waals surface area contributed by atoms with Gasteiger partial charge in [0.25, 0.3) is 0 Å². The minimum atomic E-state index is -1.06. The number of allylic oxidation sites excluding steroid dienone is 1. The molecule has 0 aromatic heterocycles. The van der Waals surface area contributed by atoms with Gasteiger partial charge in [0.2, 0.25) is 5.91 Å². The van der Waals surface area contributed by atoms with Gasteiger partial charge < -0.3 is 20.5 Å². The van der Waals surface area contributed by atoms with Crippen molar-refractivity contribution in [3.05, 3.63) is 77.4 Å². The first-order valence-corrected chi connectivity index (χ1v) is 14.9. The topological polar surface area (TPSA) is 90.9 Å². The van der Waals surface area contributed by atoms with Crippen LogP contribution in [-0.4, -0.2) is 66.8 Å². The van der Waals surface area contributed by atoms with Crippen LogP contribution in [0.1, 0.15) is 68.6 Å². The number of carbonyl (C=O) groups excluding carboxylic acids is 2. The fraction of sp³-hybridized carbons (Fsp3) is 0.515. The summed E-state index contributed by atoms with van der Waals surface area (Å²) in [5.41, 5.74) is 3.14. The first kappa shape index (κ1) is 31.8. The smallest absolute Gasteiger partial charge is 0.319 e. The van der Waals surface area contributed by atoms with Crippen molar-refractivity contribution in [2.75, 3.05) is 26.7 Å². The van der Waals surface area contributed by atoms with E-state index in [0.29, 0.717) is 18.5 Å². The molecule has 1 saturated heterocycles. The Kier molecular flexibility index (Phi) is 10.9. The van der Waals surface area contributed by atoms with Gasteiger partial charge in [0.05, 0.1) is 31.8 Å². The van der Waals surface area contributed by atoms with E-state index in [1.165, 1.54) is 19.2 Å². The Hall–Kier alpha value is -3.14. The number of methoxy groups -OCH3 is 1. The number of hydrogen-bond donors (Lipinski definition) is 3. The lowest BCUT2D eigenvalue weighted by Crippen LogP contribution is -2.56. The molecule has 9 heteroatoms. The Morgan fingerprint density at radius 1 is 1.12 bits per heavy atom. The van der Waals surface area contributed by atoms with E-state index in [1.54, 1.807) is 4.90 Å². The first-order chi connectivity index (χ1) is 20.1. The SMILES string of the molecule is C=C(C)c1cccc(C2(NC[C@@H](O)[C@H](Cc3cc(F)cc(F)c3)NC(=O)C3CCCN3CC(=O)OC)CCCCC2)c1. The number of carbonyl (C=O) groups is 2. The maximum atomic E-state index is 14.1. The van der Waals surface area contributed by atoms with E-state index in [0.717, 1.165) is 61.3 Å². The molecule has 2 aliphatic rings. The lowest BCUT2D eigenvalue weighted by atomic mass is 9.76. The molecule has 42 heavy (non-hydrogen) atoms. The highest BCUT2D eigenvalue weighted by Crippen LogP contribution is 2.38. The molecule has 7 nitrogen and oxygen atoms in total. The second-order valence-electron chi connectivity index (χ2n) is 11.8. The fourth-order valence-electron chi connectivity index (χ4n) is 6.33. The number of aliphatic hydroxyl groups excluding tert-OH is 1. The van der Waals surface area contributed by atoms with Crippen LogP contribution in [0, 0.1) is 11.6 Å². The minimum absolute atomic E-state index is 0.00969. The van der Waals surface area contributed by atoms with E-state index in [4.69, 9.17) is 4.74 Å². The summed E-state index contributed by atoms with van der Waals surface area (Å²) in [6.07, 6.45) is 5.29. The predicted molar refractivity (Wildman–Crippen MR) is 159 cm³/mol. The summed E-state index contributed by atoms with van der Waals surface area (Å²) < 4.78 is 32.9. The second kappa shape index (κ2) is 14.4. The summed E-state index contributed by atoms with van der Waals surface area (Å²) in [6, 6.07) is 10.1. The van der Waals surface area contributed by atoms with Crippen LogP contribution < -0.4 is 10.6 Å². The average Bonchev–Trinajstić information content (AvgIpc) is 3.43. The van der Waals surface area contributed by atoms with Gasteiger partial charge in [-0.1, -0.05) is 49.6 Å². The van der Waals surface area contributed by atoms with Crippen molar-refractivity contribution < 1.29 is 28.2 Å². The summed E-state index contributed by atoms with van der Waals surface area (Å²) in [6.45, 7) is 6.79. The molecular formula is C33H43F2N3O4. The molecule has 1 heterocycles. The predicted octanol–water partition coefficient (Wildman–Crippen LogP) is 4.47. The third-order valence-corrected chi connectivity index (χ3v) is 8.66. The minimum Gasteiger partial charge on any atom is -0.468 e. The zero-order valence-corrected chi connectivity index (χ0v) is 24.6. The molecule has 0 spiro atoms. The van der Waals surface area contributed by atoms with Crippen LogP contribution in [0.2, 0.25) is 0 Å².